The molecule has 0 bridgehead atoms. The van der Waals surface area contributed by atoms with E-state index in [2.05, 4.69) is 23.0 Å². The maximum absolute atomic E-state index is 12.7. The van der Waals surface area contributed by atoms with Gasteiger partial charge in [-0.1, -0.05) is 17.7 Å². The van der Waals surface area contributed by atoms with Gasteiger partial charge in [-0.25, -0.2) is 0 Å². The van der Waals surface area contributed by atoms with Gasteiger partial charge in [-0.3, -0.25) is 14.4 Å². The molecule has 0 atom stereocenters. The molecule has 0 unspecified atom stereocenters. The number of nitrogens with zero attached hydrogens (tertiary/aromatic N) is 4. The van der Waals surface area contributed by atoms with Crippen LogP contribution < -0.4 is 0 Å². The first-order valence-corrected chi connectivity index (χ1v) is 8.09. The monoisotopic (exact) mass is 312 g/mol. The lowest BCUT2D eigenvalue weighted by atomic mass is 10.0. The number of piperazine rings is 1. The minimum atomic E-state index is 0.156. The summed E-state index contributed by atoms with van der Waals surface area (Å²) >= 11 is 0. The number of hydrogen-bond donors (Lipinski definition) is 0. The molecule has 1 amide bonds. The van der Waals surface area contributed by atoms with E-state index < -0.39 is 0 Å². The van der Waals surface area contributed by atoms with E-state index in [1.165, 1.54) is 11.1 Å². The molecule has 1 aliphatic heterocycles. The molecule has 23 heavy (non-hydrogen) atoms. The first kappa shape index (κ1) is 15.7. The Hall–Kier alpha value is -2.14. The third-order valence-corrected chi connectivity index (χ3v) is 4.44. The molecule has 0 radical (unpaired) electrons. The van der Waals surface area contributed by atoms with Crippen LogP contribution in [0.2, 0.25) is 0 Å². The van der Waals surface area contributed by atoms with E-state index in [4.69, 9.17) is 0 Å². The van der Waals surface area contributed by atoms with Crippen molar-refractivity contribution in [3.05, 3.63) is 52.8 Å². The van der Waals surface area contributed by atoms with Crippen LogP contribution in [0.1, 0.15) is 27.0 Å². The Kier molecular flexibility index (Phi) is 4.48. The van der Waals surface area contributed by atoms with Crippen LogP contribution in [0.15, 0.2) is 30.6 Å². The summed E-state index contributed by atoms with van der Waals surface area (Å²) in [6.45, 7) is 8.35. The highest BCUT2D eigenvalue weighted by atomic mass is 16.2. The third kappa shape index (κ3) is 3.62. The second-order valence-electron chi connectivity index (χ2n) is 6.41. The quantitative estimate of drug-likeness (QED) is 0.870. The Balaban J connectivity index is 1.59. The summed E-state index contributed by atoms with van der Waals surface area (Å²) in [5.74, 6) is 0.156. The van der Waals surface area contributed by atoms with Crippen molar-refractivity contribution >= 4 is 5.91 Å². The van der Waals surface area contributed by atoms with Crippen LogP contribution in [0.3, 0.4) is 0 Å². The highest BCUT2D eigenvalue weighted by molar-refractivity contribution is 5.95. The number of rotatable bonds is 3. The standard InChI is InChI=1S/C18H24N4O/c1-14-4-5-17(15(2)10-14)18(23)22-8-6-21(7-9-22)13-16-11-19-20(3)12-16/h4-5,10-12H,6-9,13H2,1-3H3. The van der Waals surface area contributed by atoms with Crippen molar-refractivity contribution < 1.29 is 4.79 Å². The Morgan fingerprint density at radius 2 is 1.91 bits per heavy atom. The van der Waals surface area contributed by atoms with Crippen LogP contribution in [0.5, 0.6) is 0 Å². The van der Waals surface area contributed by atoms with E-state index in [9.17, 15) is 4.79 Å². The van der Waals surface area contributed by atoms with Gasteiger partial charge in [0.25, 0.3) is 5.91 Å². The summed E-state index contributed by atoms with van der Waals surface area (Å²) < 4.78 is 1.83. The molecule has 5 heteroatoms. The van der Waals surface area contributed by atoms with Crippen molar-refractivity contribution in [2.45, 2.75) is 20.4 Å². The lowest BCUT2D eigenvalue weighted by Gasteiger charge is -2.34. The van der Waals surface area contributed by atoms with Crippen molar-refractivity contribution in [3.8, 4) is 0 Å². The van der Waals surface area contributed by atoms with Gasteiger partial charge in [0.05, 0.1) is 6.20 Å². The van der Waals surface area contributed by atoms with Crippen molar-refractivity contribution in [3.63, 3.8) is 0 Å². The third-order valence-electron chi connectivity index (χ3n) is 4.44. The van der Waals surface area contributed by atoms with Gasteiger partial charge < -0.3 is 4.90 Å². The van der Waals surface area contributed by atoms with Crippen molar-refractivity contribution in [2.75, 3.05) is 26.2 Å². The molecule has 1 aliphatic rings. The van der Waals surface area contributed by atoms with E-state index >= 15 is 0 Å². The topological polar surface area (TPSA) is 41.4 Å². The van der Waals surface area contributed by atoms with Gasteiger partial charge >= 0.3 is 0 Å². The molecule has 122 valence electrons. The highest BCUT2D eigenvalue weighted by Gasteiger charge is 2.23. The molecular weight excluding hydrogens is 288 g/mol. The molecule has 1 fully saturated rings. The number of benzene rings is 1. The lowest BCUT2D eigenvalue weighted by molar-refractivity contribution is 0.0627. The Morgan fingerprint density at radius 1 is 1.17 bits per heavy atom. The minimum absolute atomic E-state index is 0.156. The normalized spacial score (nSPS) is 15.9. The second-order valence-corrected chi connectivity index (χ2v) is 6.41. The maximum Gasteiger partial charge on any atom is 0.254 e. The second kappa shape index (κ2) is 6.54. The van der Waals surface area contributed by atoms with Gasteiger partial charge in [-0.2, -0.15) is 5.10 Å². The summed E-state index contributed by atoms with van der Waals surface area (Å²) in [5, 5.41) is 4.21. The van der Waals surface area contributed by atoms with Crippen LogP contribution in [0.4, 0.5) is 0 Å². The Labute approximate surface area is 137 Å². The van der Waals surface area contributed by atoms with Gasteiger partial charge in [0, 0.05) is 57.1 Å². The Bertz CT molecular complexity index is 699. The summed E-state index contributed by atoms with van der Waals surface area (Å²) in [4.78, 5) is 17.0. The van der Waals surface area contributed by atoms with Crippen molar-refractivity contribution in [1.29, 1.82) is 0 Å². The van der Waals surface area contributed by atoms with Gasteiger partial charge in [0.15, 0.2) is 0 Å². The number of aromatic nitrogens is 2. The number of amides is 1. The molecule has 5 nitrogen and oxygen atoms in total. The zero-order chi connectivity index (χ0) is 16.4. The predicted molar refractivity (Wildman–Crippen MR) is 90.3 cm³/mol. The van der Waals surface area contributed by atoms with E-state index in [1.807, 2.05) is 48.1 Å². The molecule has 1 aromatic heterocycles. The van der Waals surface area contributed by atoms with E-state index in [-0.39, 0.29) is 5.91 Å². The van der Waals surface area contributed by atoms with Gasteiger partial charge in [0.2, 0.25) is 0 Å². The average Bonchev–Trinajstić information content (AvgIpc) is 2.92. The number of aryl methyl sites for hydroxylation is 3. The molecule has 2 heterocycles. The average molecular weight is 312 g/mol. The molecule has 1 aromatic carbocycles. The number of carbonyl (C=O) groups is 1. The van der Waals surface area contributed by atoms with Gasteiger partial charge in [-0.05, 0) is 25.5 Å². The van der Waals surface area contributed by atoms with Crippen LogP contribution in [-0.2, 0) is 13.6 Å². The Morgan fingerprint density at radius 3 is 2.52 bits per heavy atom. The molecule has 0 aliphatic carbocycles. The van der Waals surface area contributed by atoms with E-state index in [0.717, 1.165) is 43.9 Å². The minimum Gasteiger partial charge on any atom is -0.336 e. The summed E-state index contributed by atoms with van der Waals surface area (Å²) in [6.07, 6.45) is 3.96. The fraction of sp³-hybridized carbons (Fsp3) is 0.444. The first-order chi connectivity index (χ1) is 11.0. The summed E-state index contributed by atoms with van der Waals surface area (Å²) in [6, 6.07) is 6.04. The molecular formula is C18H24N4O. The zero-order valence-corrected chi connectivity index (χ0v) is 14.1. The zero-order valence-electron chi connectivity index (χ0n) is 14.1. The lowest BCUT2D eigenvalue weighted by Crippen LogP contribution is -2.48. The molecule has 2 aromatic rings. The molecule has 0 N–H and O–H groups in total. The summed E-state index contributed by atoms with van der Waals surface area (Å²) in [7, 11) is 1.93. The van der Waals surface area contributed by atoms with Crippen LogP contribution in [0.25, 0.3) is 0 Å². The SMILES string of the molecule is Cc1ccc(C(=O)N2CCN(Cc3cnn(C)c3)CC2)c(C)c1. The molecule has 0 spiro atoms. The maximum atomic E-state index is 12.7. The summed E-state index contributed by atoms with van der Waals surface area (Å²) in [5.41, 5.74) is 4.31. The number of hydrogen-bond acceptors (Lipinski definition) is 3. The van der Waals surface area contributed by atoms with Crippen molar-refractivity contribution in [1.82, 2.24) is 19.6 Å². The van der Waals surface area contributed by atoms with E-state index in [1.54, 1.807) is 0 Å². The molecule has 3 rings (SSSR count). The van der Waals surface area contributed by atoms with E-state index in [0.29, 0.717) is 0 Å². The van der Waals surface area contributed by atoms with Crippen molar-refractivity contribution in [2.24, 2.45) is 7.05 Å². The van der Waals surface area contributed by atoms with Crippen LogP contribution in [-0.4, -0.2) is 51.7 Å². The fourth-order valence-corrected chi connectivity index (χ4v) is 3.14. The molecule has 1 saturated heterocycles. The van der Waals surface area contributed by atoms with Crippen LogP contribution in [0, 0.1) is 13.8 Å². The van der Waals surface area contributed by atoms with Crippen LogP contribution >= 0.6 is 0 Å². The van der Waals surface area contributed by atoms with Gasteiger partial charge in [-0.15, -0.1) is 0 Å². The first-order valence-electron chi connectivity index (χ1n) is 8.09. The van der Waals surface area contributed by atoms with Gasteiger partial charge in [0.1, 0.15) is 0 Å². The highest BCUT2D eigenvalue weighted by Crippen LogP contribution is 2.15. The largest absolute Gasteiger partial charge is 0.336 e. The predicted octanol–water partition coefficient (Wildman–Crippen LogP) is 1.99. The molecule has 0 saturated carbocycles. The number of carbonyl (C=O) groups excluding carboxylic acids is 1. The fourth-order valence-electron chi connectivity index (χ4n) is 3.14. The smallest absolute Gasteiger partial charge is 0.254 e.